The fourth-order valence-corrected chi connectivity index (χ4v) is 1.73. The smallest absolute Gasteiger partial charge is 0.0452 e. The van der Waals surface area contributed by atoms with Gasteiger partial charge in [-0.05, 0) is 30.4 Å². The molecule has 0 radical (unpaired) electrons. The molecule has 0 bridgehead atoms. The van der Waals surface area contributed by atoms with E-state index in [-0.39, 0.29) is 0 Å². The number of dihydropyridines is 1. The van der Waals surface area contributed by atoms with Crippen LogP contribution in [0.4, 0.5) is 0 Å². The number of benzene rings is 1. The highest BCUT2D eigenvalue weighted by Gasteiger charge is 2.04. The maximum Gasteiger partial charge on any atom is 0.0452 e. The molecule has 1 aromatic rings. The summed E-state index contributed by atoms with van der Waals surface area (Å²) >= 11 is 0. The Morgan fingerprint density at radius 1 is 1.20 bits per heavy atom. The third-order valence-corrected chi connectivity index (χ3v) is 2.71. The molecule has 1 heterocycles. The van der Waals surface area contributed by atoms with Crippen LogP contribution in [0.2, 0.25) is 0 Å². The average Bonchev–Trinajstić information content (AvgIpc) is 2.30. The van der Waals surface area contributed by atoms with Crippen molar-refractivity contribution in [2.45, 2.75) is 19.8 Å². The number of allylic oxidation sites excluding steroid dienone is 1. The van der Waals surface area contributed by atoms with Crippen LogP contribution in [0.3, 0.4) is 0 Å². The zero-order chi connectivity index (χ0) is 10.5. The Balaban J connectivity index is 1.87. The Kier molecular flexibility index (Phi) is 3.33. The minimum Gasteiger partial charge on any atom is -0.289 e. The summed E-state index contributed by atoms with van der Waals surface area (Å²) in [6, 6.07) is 10.6. The number of aryl methyl sites for hydroxylation is 1. The predicted octanol–water partition coefficient (Wildman–Crippen LogP) is 3.27. The van der Waals surface area contributed by atoms with Gasteiger partial charge in [0.1, 0.15) is 0 Å². The van der Waals surface area contributed by atoms with Gasteiger partial charge in [-0.3, -0.25) is 4.99 Å². The van der Waals surface area contributed by atoms with Crippen molar-refractivity contribution in [3.63, 3.8) is 0 Å². The molecule has 0 spiro atoms. The van der Waals surface area contributed by atoms with E-state index in [1.165, 1.54) is 11.3 Å². The summed E-state index contributed by atoms with van der Waals surface area (Å²) in [5, 5.41) is 0. The Bertz CT molecular complexity index is 362. The molecular weight excluding hydrogens is 182 g/mol. The van der Waals surface area contributed by atoms with Crippen molar-refractivity contribution in [1.29, 1.82) is 0 Å². The van der Waals surface area contributed by atoms with Crippen molar-refractivity contribution in [3.05, 3.63) is 48.0 Å². The first kappa shape index (κ1) is 10.2. The molecule has 1 atom stereocenters. The second-order valence-electron chi connectivity index (χ2n) is 4.15. The first-order chi connectivity index (χ1) is 7.34. The molecule has 0 aromatic heterocycles. The lowest BCUT2D eigenvalue weighted by Gasteiger charge is -2.10. The molecule has 1 aromatic carbocycles. The Morgan fingerprint density at radius 2 is 2.00 bits per heavy atom. The van der Waals surface area contributed by atoms with Gasteiger partial charge in [0.15, 0.2) is 0 Å². The molecule has 0 saturated carbocycles. The van der Waals surface area contributed by atoms with Gasteiger partial charge in [-0.25, -0.2) is 0 Å². The van der Waals surface area contributed by atoms with Gasteiger partial charge < -0.3 is 0 Å². The predicted molar refractivity (Wildman–Crippen MR) is 65.4 cm³/mol. The van der Waals surface area contributed by atoms with Gasteiger partial charge in [0, 0.05) is 12.3 Å². The first-order valence-electron chi connectivity index (χ1n) is 5.60. The topological polar surface area (TPSA) is 12.4 Å². The molecule has 0 fully saturated rings. The Hall–Kier alpha value is -1.37. The van der Waals surface area contributed by atoms with Crippen LogP contribution in [0.15, 0.2) is 47.5 Å². The molecule has 15 heavy (non-hydrogen) atoms. The van der Waals surface area contributed by atoms with E-state index in [1.807, 2.05) is 0 Å². The highest BCUT2D eigenvalue weighted by molar-refractivity contribution is 5.95. The van der Waals surface area contributed by atoms with E-state index >= 15 is 0 Å². The van der Waals surface area contributed by atoms with E-state index < -0.39 is 0 Å². The van der Waals surface area contributed by atoms with Gasteiger partial charge >= 0.3 is 0 Å². The molecule has 0 amide bonds. The van der Waals surface area contributed by atoms with E-state index in [4.69, 9.17) is 0 Å². The monoisotopic (exact) mass is 199 g/mol. The molecule has 1 nitrogen and oxygen atoms in total. The van der Waals surface area contributed by atoms with Crippen LogP contribution in [-0.2, 0) is 6.42 Å². The molecule has 1 aliphatic rings. The minimum absolute atomic E-state index is 0.616. The highest BCUT2D eigenvalue weighted by atomic mass is 14.7. The zero-order valence-corrected chi connectivity index (χ0v) is 9.19. The van der Waals surface area contributed by atoms with E-state index in [0.717, 1.165) is 19.4 Å². The third kappa shape index (κ3) is 3.05. The lowest BCUT2D eigenvalue weighted by molar-refractivity contribution is 0.730. The number of rotatable bonds is 3. The van der Waals surface area contributed by atoms with E-state index in [2.05, 4.69) is 54.4 Å². The van der Waals surface area contributed by atoms with Gasteiger partial charge in [0.05, 0.1) is 0 Å². The van der Waals surface area contributed by atoms with Gasteiger partial charge in [-0.15, -0.1) is 0 Å². The van der Waals surface area contributed by atoms with E-state index in [1.54, 1.807) is 0 Å². The fraction of sp³-hybridized carbons (Fsp3) is 0.357. The molecule has 0 aliphatic carbocycles. The second-order valence-corrected chi connectivity index (χ2v) is 4.15. The van der Waals surface area contributed by atoms with Crippen LogP contribution in [0.25, 0.3) is 0 Å². The van der Waals surface area contributed by atoms with Crippen LogP contribution in [0.5, 0.6) is 0 Å². The van der Waals surface area contributed by atoms with Crippen LogP contribution >= 0.6 is 0 Å². The van der Waals surface area contributed by atoms with Crippen LogP contribution in [0, 0.1) is 5.92 Å². The summed E-state index contributed by atoms with van der Waals surface area (Å²) in [4.78, 5) is 4.56. The highest BCUT2D eigenvalue weighted by Crippen LogP contribution is 2.09. The first-order valence-corrected chi connectivity index (χ1v) is 5.60. The summed E-state index contributed by atoms with van der Waals surface area (Å²) in [7, 11) is 0. The molecule has 2 rings (SSSR count). The number of hydrogen-bond acceptors (Lipinski definition) is 1. The molecule has 1 heteroatoms. The SMILES string of the molecule is CC1C=CC(CCc2ccccc2)=NC1. The minimum atomic E-state index is 0.616. The molecular formula is C14H17N. The lowest BCUT2D eigenvalue weighted by Crippen LogP contribution is -2.07. The number of hydrogen-bond donors (Lipinski definition) is 0. The number of aliphatic imine (C=N–C) groups is 1. The van der Waals surface area contributed by atoms with Crippen molar-refractivity contribution >= 4 is 5.71 Å². The van der Waals surface area contributed by atoms with E-state index in [0.29, 0.717) is 5.92 Å². The molecule has 0 saturated heterocycles. The second kappa shape index (κ2) is 4.92. The maximum absolute atomic E-state index is 4.56. The van der Waals surface area contributed by atoms with Gasteiger partial charge in [-0.1, -0.05) is 43.3 Å². The lowest BCUT2D eigenvalue weighted by atomic mass is 10.0. The summed E-state index contributed by atoms with van der Waals surface area (Å²) in [5.74, 6) is 0.616. The van der Waals surface area contributed by atoms with Gasteiger partial charge in [0.25, 0.3) is 0 Å². The van der Waals surface area contributed by atoms with Crippen molar-refractivity contribution in [3.8, 4) is 0 Å². The largest absolute Gasteiger partial charge is 0.289 e. The van der Waals surface area contributed by atoms with Gasteiger partial charge in [0.2, 0.25) is 0 Å². The van der Waals surface area contributed by atoms with E-state index in [9.17, 15) is 0 Å². The van der Waals surface area contributed by atoms with Crippen molar-refractivity contribution in [2.24, 2.45) is 10.9 Å². The quantitative estimate of drug-likeness (QED) is 0.708. The van der Waals surface area contributed by atoms with Crippen LogP contribution in [0.1, 0.15) is 18.9 Å². The molecule has 1 unspecified atom stereocenters. The maximum atomic E-state index is 4.56. The zero-order valence-electron chi connectivity index (χ0n) is 9.19. The standard InChI is InChI=1S/C14H17N/c1-12-7-9-14(15-11-12)10-8-13-5-3-2-4-6-13/h2-7,9,12H,8,10-11H2,1H3. The normalized spacial score (nSPS) is 20.1. The van der Waals surface area contributed by atoms with Gasteiger partial charge in [-0.2, -0.15) is 0 Å². The molecule has 1 aliphatic heterocycles. The fourth-order valence-electron chi connectivity index (χ4n) is 1.73. The molecule has 78 valence electrons. The summed E-state index contributed by atoms with van der Waals surface area (Å²) in [6.45, 7) is 3.16. The van der Waals surface area contributed by atoms with Crippen molar-refractivity contribution < 1.29 is 0 Å². The third-order valence-electron chi connectivity index (χ3n) is 2.71. The van der Waals surface area contributed by atoms with Crippen LogP contribution < -0.4 is 0 Å². The summed E-state index contributed by atoms with van der Waals surface area (Å²) in [5.41, 5.74) is 2.64. The Morgan fingerprint density at radius 3 is 2.67 bits per heavy atom. The summed E-state index contributed by atoms with van der Waals surface area (Å²) < 4.78 is 0. The summed E-state index contributed by atoms with van der Waals surface area (Å²) in [6.07, 6.45) is 6.59. The number of nitrogens with zero attached hydrogens (tertiary/aromatic N) is 1. The van der Waals surface area contributed by atoms with Crippen molar-refractivity contribution in [2.75, 3.05) is 6.54 Å². The van der Waals surface area contributed by atoms with Crippen molar-refractivity contribution in [1.82, 2.24) is 0 Å². The Labute approximate surface area is 91.6 Å². The van der Waals surface area contributed by atoms with Crippen LogP contribution in [-0.4, -0.2) is 12.3 Å². The molecule has 0 N–H and O–H groups in total. The average molecular weight is 199 g/mol.